The van der Waals surface area contributed by atoms with Crippen molar-refractivity contribution in [1.82, 2.24) is 0 Å². The fourth-order valence-electron chi connectivity index (χ4n) is 2.51. The lowest BCUT2D eigenvalue weighted by molar-refractivity contribution is 0.186. The fraction of sp³-hybridized carbons (Fsp3) is 0.600. The normalized spacial score (nSPS) is 18.3. The number of ether oxygens (including phenoxy) is 1. The predicted molar refractivity (Wildman–Crippen MR) is 69.3 cm³/mol. The van der Waals surface area contributed by atoms with Gasteiger partial charge in [0.05, 0.1) is 12.7 Å². The topological polar surface area (TPSA) is 29.5 Å². The summed E-state index contributed by atoms with van der Waals surface area (Å²) in [5.41, 5.74) is 2.07. The molecule has 0 spiro atoms. The van der Waals surface area contributed by atoms with Gasteiger partial charge in [-0.25, -0.2) is 0 Å². The Morgan fingerprint density at radius 2 is 2.06 bits per heavy atom. The number of aliphatic hydroxyl groups excluding tert-OH is 1. The summed E-state index contributed by atoms with van der Waals surface area (Å²) in [5.74, 6) is 1.55. The SMILES string of the molecule is Cc1ccc(OCC2CCCC2)c(C(C)O)c1. The first-order valence-corrected chi connectivity index (χ1v) is 6.58. The van der Waals surface area contributed by atoms with Crippen molar-refractivity contribution < 1.29 is 9.84 Å². The second-order valence-electron chi connectivity index (χ2n) is 5.18. The quantitative estimate of drug-likeness (QED) is 0.862. The molecular formula is C15H22O2. The van der Waals surface area contributed by atoms with E-state index in [-0.39, 0.29) is 0 Å². The molecule has 0 bridgehead atoms. The van der Waals surface area contributed by atoms with Gasteiger partial charge in [-0.2, -0.15) is 0 Å². The van der Waals surface area contributed by atoms with E-state index < -0.39 is 6.10 Å². The molecule has 1 aliphatic carbocycles. The molecule has 1 aliphatic rings. The van der Waals surface area contributed by atoms with Crippen LogP contribution in [0.1, 0.15) is 49.8 Å². The van der Waals surface area contributed by atoms with Gasteiger partial charge in [-0.05, 0) is 44.7 Å². The Bertz CT molecular complexity index is 365. The number of aryl methyl sites for hydroxylation is 1. The van der Waals surface area contributed by atoms with Crippen molar-refractivity contribution in [2.24, 2.45) is 5.92 Å². The van der Waals surface area contributed by atoms with Crippen LogP contribution in [0.2, 0.25) is 0 Å². The molecule has 94 valence electrons. The van der Waals surface area contributed by atoms with Crippen LogP contribution in [0.25, 0.3) is 0 Å². The molecule has 1 saturated carbocycles. The van der Waals surface area contributed by atoms with Crippen LogP contribution in [0.5, 0.6) is 5.75 Å². The summed E-state index contributed by atoms with van der Waals surface area (Å²) in [6.45, 7) is 4.62. The van der Waals surface area contributed by atoms with Gasteiger partial charge in [0.25, 0.3) is 0 Å². The molecule has 2 nitrogen and oxygen atoms in total. The number of rotatable bonds is 4. The Morgan fingerprint density at radius 1 is 1.35 bits per heavy atom. The number of aliphatic hydroxyl groups is 1. The Balaban J connectivity index is 2.03. The summed E-state index contributed by atoms with van der Waals surface area (Å²) < 4.78 is 5.88. The van der Waals surface area contributed by atoms with Crippen LogP contribution in [-0.4, -0.2) is 11.7 Å². The molecule has 1 atom stereocenters. The van der Waals surface area contributed by atoms with Crippen molar-refractivity contribution in [3.63, 3.8) is 0 Å². The minimum absolute atomic E-state index is 0.464. The number of hydrogen-bond acceptors (Lipinski definition) is 2. The maximum Gasteiger partial charge on any atom is 0.125 e. The van der Waals surface area contributed by atoms with Crippen LogP contribution >= 0.6 is 0 Å². The third-order valence-corrected chi connectivity index (χ3v) is 3.56. The van der Waals surface area contributed by atoms with Crippen LogP contribution < -0.4 is 4.74 Å². The van der Waals surface area contributed by atoms with Crippen LogP contribution in [0.15, 0.2) is 18.2 Å². The number of benzene rings is 1. The first-order chi connectivity index (χ1) is 8.16. The van der Waals surface area contributed by atoms with Gasteiger partial charge in [-0.1, -0.05) is 24.5 Å². The maximum absolute atomic E-state index is 9.74. The zero-order chi connectivity index (χ0) is 12.3. The Kier molecular flexibility index (Phi) is 4.06. The van der Waals surface area contributed by atoms with Crippen molar-refractivity contribution in [3.05, 3.63) is 29.3 Å². The first kappa shape index (κ1) is 12.4. The Morgan fingerprint density at radius 3 is 2.71 bits per heavy atom. The van der Waals surface area contributed by atoms with E-state index in [0.29, 0.717) is 5.92 Å². The van der Waals surface area contributed by atoms with E-state index >= 15 is 0 Å². The molecule has 1 fully saturated rings. The Labute approximate surface area is 104 Å². The van der Waals surface area contributed by atoms with Crippen molar-refractivity contribution >= 4 is 0 Å². The van der Waals surface area contributed by atoms with Crippen LogP contribution in [0.4, 0.5) is 0 Å². The average Bonchev–Trinajstić information content (AvgIpc) is 2.80. The second-order valence-corrected chi connectivity index (χ2v) is 5.18. The highest BCUT2D eigenvalue weighted by atomic mass is 16.5. The van der Waals surface area contributed by atoms with E-state index in [1.165, 1.54) is 25.7 Å². The summed E-state index contributed by atoms with van der Waals surface area (Å²) in [5, 5.41) is 9.74. The molecule has 1 N–H and O–H groups in total. The monoisotopic (exact) mass is 234 g/mol. The fourth-order valence-corrected chi connectivity index (χ4v) is 2.51. The highest BCUT2D eigenvalue weighted by Gasteiger charge is 2.17. The van der Waals surface area contributed by atoms with Crippen molar-refractivity contribution in [2.45, 2.75) is 45.6 Å². The van der Waals surface area contributed by atoms with Gasteiger partial charge < -0.3 is 9.84 Å². The molecule has 0 heterocycles. The van der Waals surface area contributed by atoms with Gasteiger partial charge in [0.1, 0.15) is 5.75 Å². The zero-order valence-corrected chi connectivity index (χ0v) is 10.8. The largest absolute Gasteiger partial charge is 0.493 e. The van der Waals surface area contributed by atoms with Gasteiger partial charge >= 0.3 is 0 Å². The van der Waals surface area contributed by atoms with E-state index in [0.717, 1.165) is 23.5 Å². The minimum Gasteiger partial charge on any atom is -0.493 e. The molecule has 0 radical (unpaired) electrons. The van der Waals surface area contributed by atoms with E-state index in [9.17, 15) is 5.11 Å². The van der Waals surface area contributed by atoms with Crippen LogP contribution in [0.3, 0.4) is 0 Å². The lowest BCUT2D eigenvalue weighted by Gasteiger charge is -2.16. The highest BCUT2D eigenvalue weighted by molar-refractivity contribution is 5.38. The minimum atomic E-state index is -0.464. The number of hydrogen-bond donors (Lipinski definition) is 1. The lowest BCUT2D eigenvalue weighted by atomic mass is 10.1. The molecule has 2 heteroatoms. The third-order valence-electron chi connectivity index (χ3n) is 3.56. The van der Waals surface area contributed by atoms with E-state index in [2.05, 4.69) is 0 Å². The van der Waals surface area contributed by atoms with E-state index in [1.807, 2.05) is 25.1 Å². The van der Waals surface area contributed by atoms with Gasteiger partial charge in [0.2, 0.25) is 0 Å². The molecule has 2 rings (SSSR count). The zero-order valence-electron chi connectivity index (χ0n) is 10.8. The molecule has 0 amide bonds. The third kappa shape index (κ3) is 3.22. The highest BCUT2D eigenvalue weighted by Crippen LogP contribution is 2.29. The van der Waals surface area contributed by atoms with Crippen LogP contribution in [0, 0.1) is 12.8 Å². The van der Waals surface area contributed by atoms with E-state index in [1.54, 1.807) is 6.92 Å². The van der Waals surface area contributed by atoms with Gasteiger partial charge in [0, 0.05) is 5.56 Å². The van der Waals surface area contributed by atoms with Gasteiger partial charge in [0.15, 0.2) is 0 Å². The molecule has 0 saturated heterocycles. The second kappa shape index (κ2) is 5.54. The maximum atomic E-state index is 9.74. The van der Waals surface area contributed by atoms with E-state index in [4.69, 9.17) is 4.74 Å². The van der Waals surface area contributed by atoms with Crippen molar-refractivity contribution in [3.8, 4) is 5.75 Å². The molecule has 0 aromatic heterocycles. The molecule has 1 unspecified atom stereocenters. The van der Waals surface area contributed by atoms with Crippen molar-refractivity contribution in [2.75, 3.05) is 6.61 Å². The van der Waals surface area contributed by atoms with Crippen molar-refractivity contribution in [1.29, 1.82) is 0 Å². The summed E-state index contributed by atoms with van der Waals surface area (Å²) in [6.07, 6.45) is 4.79. The molecular weight excluding hydrogens is 212 g/mol. The predicted octanol–water partition coefficient (Wildman–Crippen LogP) is 3.62. The molecule has 17 heavy (non-hydrogen) atoms. The smallest absolute Gasteiger partial charge is 0.125 e. The summed E-state index contributed by atoms with van der Waals surface area (Å²) in [7, 11) is 0. The summed E-state index contributed by atoms with van der Waals surface area (Å²) in [6, 6.07) is 6.02. The Hall–Kier alpha value is -1.02. The standard InChI is InChI=1S/C15H22O2/c1-11-7-8-15(14(9-11)12(2)16)17-10-13-5-3-4-6-13/h7-9,12-13,16H,3-6,10H2,1-2H3. The van der Waals surface area contributed by atoms with Gasteiger partial charge in [-0.3, -0.25) is 0 Å². The average molecular weight is 234 g/mol. The summed E-state index contributed by atoms with van der Waals surface area (Å²) >= 11 is 0. The lowest BCUT2D eigenvalue weighted by Crippen LogP contribution is -2.10. The first-order valence-electron chi connectivity index (χ1n) is 6.58. The molecule has 1 aromatic rings. The molecule has 0 aliphatic heterocycles. The molecule has 1 aromatic carbocycles. The van der Waals surface area contributed by atoms with Crippen LogP contribution in [-0.2, 0) is 0 Å². The van der Waals surface area contributed by atoms with Gasteiger partial charge in [-0.15, -0.1) is 0 Å². The summed E-state index contributed by atoms with van der Waals surface area (Å²) in [4.78, 5) is 0.